The van der Waals surface area contributed by atoms with Gasteiger partial charge < -0.3 is 24.2 Å². The molecule has 1 atom stereocenters. The number of benzene rings is 1. The van der Waals surface area contributed by atoms with E-state index in [1.54, 1.807) is 14.0 Å². The van der Waals surface area contributed by atoms with Crippen LogP contribution in [-0.4, -0.2) is 50.3 Å². The first-order valence-corrected chi connectivity index (χ1v) is 12.8. The van der Waals surface area contributed by atoms with E-state index in [-0.39, 0.29) is 24.0 Å². The molecule has 1 N–H and O–H groups in total. The summed E-state index contributed by atoms with van der Waals surface area (Å²) < 4.78 is 16.1. The molecule has 1 aliphatic heterocycles. The quantitative estimate of drug-likeness (QED) is 0.527. The molecule has 0 bridgehead atoms. The van der Waals surface area contributed by atoms with Crippen LogP contribution in [0.4, 0.5) is 11.4 Å². The molecule has 2 heterocycles. The number of anilines is 2. The fraction of sp³-hybridized carbons (Fsp3) is 0.593. The van der Waals surface area contributed by atoms with Gasteiger partial charge in [0.1, 0.15) is 12.0 Å². The van der Waals surface area contributed by atoms with Crippen LogP contribution in [-0.2, 0) is 9.53 Å². The van der Waals surface area contributed by atoms with E-state index >= 15 is 0 Å². The number of hydrogen-bond donors (Lipinski definition) is 1. The number of Topliss-reactive ketones (excluding diaryl/α,β-unsaturated/α-hetero) is 1. The number of ether oxygens (including phenoxy) is 2. The second-order valence-corrected chi connectivity index (χ2v) is 9.63. The van der Waals surface area contributed by atoms with E-state index in [0.29, 0.717) is 35.9 Å². The minimum Gasteiger partial charge on any atom is -0.495 e. The van der Waals surface area contributed by atoms with E-state index in [0.717, 1.165) is 44.5 Å². The van der Waals surface area contributed by atoms with Crippen LogP contribution in [0.15, 0.2) is 29.0 Å². The molecule has 2 fully saturated rings. The van der Waals surface area contributed by atoms with Gasteiger partial charge in [-0.25, -0.2) is 0 Å². The highest BCUT2D eigenvalue weighted by Crippen LogP contribution is 2.35. The number of carbonyl (C=O) groups excluding carboxylic acids is 2. The molecule has 1 amide bonds. The van der Waals surface area contributed by atoms with Crippen molar-refractivity contribution in [1.29, 1.82) is 0 Å². The Morgan fingerprint density at radius 3 is 2.51 bits per heavy atom. The van der Waals surface area contributed by atoms with Crippen LogP contribution < -0.4 is 15.0 Å². The summed E-state index contributed by atoms with van der Waals surface area (Å²) in [6.45, 7) is 4.73. The van der Waals surface area contributed by atoms with Gasteiger partial charge in [-0.05, 0) is 37.8 Å². The maximum absolute atomic E-state index is 13.6. The normalized spacial score (nSPS) is 18.4. The topological polar surface area (TPSA) is 93.9 Å². The molecule has 4 rings (SSSR count). The SMILES string of the molecule is COc1cc(NC(=O)C(CC(=O)c2conc2C)C2CCCCCCC2)ccc1N1CCOCC1. The third kappa shape index (κ3) is 6.42. The molecule has 2 aliphatic rings. The lowest BCUT2D eigenvalue weighted by Crippen LogP contribution is -2.36. The Labute approximate surface area is 207 Å². The zero-order valence-corrected chi connectivity index (χ0v) is 20.9. The largest absolute Gasteiger partial charge is 0.495 e. The number of amides is 1. The standard InChI is InChI=1S/C27H37N3O5/c1-19-23(18-35-29-19)25(31)17-22(20-8-6-4-3-5-7-9-20)27(32)28-21-10-11-24(26(16-21)33-2)30-12-14-34-15-13-30/h10-11,16,18,20,22H,3-9,12-15,17H2,1-2H3,(H,28,32). The summed E-state index contributed by atoms with van der Waals surface area (Å²) in [5, 5.41) is 6.93. The number of methoxy groups -OCH3 is 1. The molecule has 1 aromatic carbocycles. The van der Waals surface area contributed by atoms with Gasteiger partial charge >= 0.3 is 0 Å². The van der Waals surface area contributed by atoms with Gasteiger partial charge in [0.15, 0.2) is 5.78 Å². The minimum atomic E-state index is -0.403. The molecule has 1 saturated carbocycles. The average molecular weight is 484 g/mol. The summed E-state index contributed by atoms with van der Waals surface area (Å²) >= 11 is 0. The third-order valence-electron chi connectivity index (χ3n) is 7.31. The molecule has 8 nitrogen and oxygen atoms in total. The van der Waals surface area contributed by atoms with E-state index in [1.807, 2.05) is 18.2 Å². The van der Waals surface area contributed by atoms with Gasteiger partial charge in [0, 0.05) is 37.2 Å². The van der Waals surface area contributed by atoms with Crippen LogP contribution in [0.2, 0.25) is 0 Å². The predicted molar refractivity (Wildman–Crippen MR) is 134 cm³/mol. The van der Waals surface area contributed by atoms with Crippen molar-refractivity contribution in [1.82, 2.24) is 5.16 Å². The van der Waals surface area contributed by atoms with Crippen molar-refractivity contribution in [2.24, 2.45) is 11.8 Å². The van der Waals surface area contributed by atoms with Crippen molar-refractivity contribution >= 4 is 23.1 Å². The highest BCUT2D eigenvalue weighted by atomic mass is 16.5. The molecule has 35 heavy (non-hydrogen) atoms. The number of carbonyl (C=O) groups is 2. The van der Waals surface area contributed by atoms with Gasteiger partial charge in [-0.15, -0.1) is 0 Å². The first-order valence-electron chi connectivity index (χ1n) is 12.8. The number of nitrogens with one attached hydrogen (secondary N) is 1. The van der Waals surface area contributed by atoms with Gasteiger partial charge in [0.25, 0.3) is 0 Å². The molecular weight excluding hydrogens is 446 g/mol. The van der Waals surface area contributed by atoms with Crippen molar-refractivity contribution in [2.45, 2.75) is 58.3 Å². The monoisotopic (exact) mass is 483 g/mol. The molecule has 1 saturated heterocycles. The van der Waals surface area contributed by atoms with E-state index in [1.165, 1.54) is 25.5 Å². The molecule has 1 aromatic heterocycles. The Morgan fingerprint density at radius 2 is 1.86 bits per heavy atom. The molecule has 2 aromatic rings. The molecular formula is C27H37N3O5. The van der Waals surface area contributed by atoms with Gasteiger partial charge in [-0.2, -0.15) is 0 Å². The molecule has 1 unspecified atom stereocenters. The van der Waals surface area contributed by atoms with E-state index in [4.69, 9.17) is 14.0 Å². The summed E-state index contributed by atoms with van der Waals surface area (Å²) in [4.78, 5) is 28.9. The molecule has 0 radical (unpaired) electrons. The number of aromatic nitrogens is 1. The molecule has 0 spiro atoms. The van der Waals surface area contributed by atoms with Crippen molar-refractivity contribution in [3.8, 4) is 5.75 Å². The van der Waals surface area contributed by atoms with Gasteiger partial charge in [0.05, 0.1) is 37.3 Å². The number of aryl methyl sites for hydroxylation is 1. The van der Waals surface area contributed by atoms with Crippen molar-refractivity contribution in [3.05, 3.63) is 35.7 Å². The number of ketones is 1. The predicted octanol–water partition coefficient (Wildman–Crippen LogP) is 5.02. The highest BCUT2D eigenvalue weighted by Gasteiger charge is 2.32. The Kier molecular flexibility index (Phi) is 8.79. The molecule has 1 aliphatic carbocycles. The van der Waals surface area contributed by atoms with E-state index in [9.17, 15) is 9.59 Å². The van der Waals surface area contributed by atoms with Gasteiger partial charge in [0.2, 0.25) is 5.91 Å². The zero-order valence-electron chi connectivity index (χ0n) is 20.9. The molecule has 8 heteroatoms. The van der Waals surface area contributed by atoms with Crippen molar-refractivity contribution in [3.63, 3.8) is 0 Å². The summed E-state index contributed by atoms with van der Waals surface area (Å²) in [7, 11) is 1.64. The maximum Gasteiger partial charge on any atom is 0.228 e. The van der Waals surface area contributed by atoms with Gasteiger partial charge in [-0.3, -0.25) is 9.59 Å². The average Bonchev–Trinajstić information content (AvgIpc) is 3.29. The maximum atomic E-state index is 13.6. The van der Waals surface area contributed by atoms with Crippen molar-refractivity contribution < 1.29 is 23.6 Å². The van der Waals surface area contributed by atoms with Gasteiger partial charge in [-0.1, -0.05) is 37.3 Å². The summed E-state index contributed by atoms with van der Waals surface area (Å²) in [6.07, 6.45) is 9.28. The first kappa shape index (κ1) is 25.2. The number of hydrogen-bond acceptors (Lipinski definition) is 7. The second kappa shape index (κ2) is 12.2. The summed E-state index contributed by atoms with van der Waals surface area (Å²) in [6, 6.07) is 5.76. The van der Waals surface area contributed by atoms with Crippen LogP contribution in [0.3, 0.4) is 0 Å². The fourth-order valence-electron chi connectivity index (χ4n) is 5.29. The smallest absolute Gasteiger partial charge is 0.228 e. The van der Waals surface area contributed by atoms with Crippen LogP contribution in [0.5, 0.6) is 5.75 Å². The highest BCUT2D eigenvalue weighted by molar-refractivity contribution is 6.01. The second-order valence-electron chi connectivity index (χ2n) is 9.63. The number of morpholine rings is 1. The lowest BCUT2D eigenvalue weighted by Gasteiger charge is -2.30. The summed E-state index contributed by atoms with van der Waals surface area (Å²) in [5.41, 5.74) is 2.69. The van der Waals surface area contributed by atoms with E-state index < -0.39 is 5.92 Å². The van der Waals surface area contributed by atoms with Crippen LogP contribution in [0, 0.1) is 18.8 Å². The van der Waals surface area contributed by atoms with Crippen LogP contribution in [0.25, 0.3) is 0 Å². The minimum absolute atomic E-state index is 0.0915. The number of nitrogens with zero attached hydrogens (tertiary/aromatic N) is 2. The lowest BCUT2D eigenvalue weighted by atomic mass is 9.78. The lowest BCUT2D eigenvalue weighted by molar-refractivity contribution is -0.121. The van der Waals surface area contributed by atoms with Crippen LogP contribution >= 0.6 is 0 Å². The summed E-state index contributed by atoms with van der Waals surface area (Å²) in [5.74, 6) is 0.280. The van der Waals surface area contributed by atoms with Crippen molar-refractivity contribution in [2.75, 3.05) is 43.6 Å². The fourth-order valence-corrected chi connectivity index (χ4v) is 5.29. The Balaban J connectivity index is 1.52. The van der Waals surface area contributed by atoms with Crippen LogP contribution in [0.1, 0.15) is 67.4 Å². The molecule has 190 valence electrons. The first-order chi connectivity index (χ1) is 17.1. The Bertz CT molecular complexity index is 990. The Morgan fingerprint density at radius 1 is 1.14 bits per heavy atom. The third-order valence-corrected chi connectivity index (χ3v) is 7.31. The van der Waals surface area contributed by atoms with E-state index in [2.05, 4.69) is 15.4 Å². The number of rotatable bonds is 8. The Hall–Kier alpha value is -2.87. The zero-order chi connectivity index (χ0) is 24.6.